The summed E-state index contributed by atoms with van der Waals surface area (Å²) in [5.41, 5.74) is 1.36. The highest BCUT2D eigenvalue weighted by Crippen LogP contribution is 2.31. The van der Waals surface area contributed by atoms with Crippen molar-refractivity contribution >= 4 is 27.5 Å². The Balaban J connectivity index is 1.21. The topological polar surface area (TPSA) is 84.2 Å². The van der Waals surface area contributed by atoms with Gasteiger partial charge in [-0.25, -0.2) is 4.39 Å². The van der Waals surface area contributed by atoms with Crippen LogP contribution in [0.1, 0.15) is 23.3 Å². The number of nitrogens with one attached hydrogen (secondary N) is 1. The quantitative estimate of drug-likeness (QED) is 0.546. The SMILES string of the molecule is O=C(c1cc(-c2ccco2)[nH]n1)N1CCC(Oc2nc3c(F)cccc3s2)CC1. The first-order valence-corrected chi connectivity index (χ1v) is 10.1. The molecule has 0 saturated carbocycles. The lowest BCUT2D eigenvalue weighted by Gasteiger charge is -2.31. The van der Waals surface area contributed by atoms with E-state index in [1.807, 2.05) is 6.07 Å². The van der Waals surface area contributed by atoms with Gasteiger partial charge in [-0.1, -0.05) is 17.4 Å². The first-order chi connectivity index (χ1) is 14.2. The van der Waals surface area contributed by atoms with Gasteiger partial charge in [0.05, 0.1) is 11.0 Å². The number of furan rings is 1. The molecule has 1 N–H and O–H groups in total. The van der Waals surface area contributed by atoms with Gasteiger partial charge in [0.15, 0.2) is 11.5 Å². The zero-order valence-corrected chi connectivity index (χ0v) is 16.1. The van der Waals surface area contributed by atoms with Gasteiger partial charge >= 0.3 is 0 Å². The van der Waals surface area contributed by atoms with E-state index in [4.69, 9.17) is 9.15 Å². The van der Waals surface area contributed by atoms with Gasteiger partial charge < -0.3 is 14.1 Å². The van der Waals surface area contributed by atoms with Gasteiger partial charge in [0.1, 0.15) is 23.1 Å². The molecule has 29 heavy (non-hydrogen) atoms. The Morgan fingerprint density at radius 1 is 1.28 bits per heavy atom. The van der Waals surface area contributed by atoms with Crippen LogP contribution >= 0.6 is 11.3 Å². The smallest absolute Gasteiger partial charge is 0.274 e. The lowest BCUT2D eigenvalue weighted by atomic mass is 10.1. The van der Waals surface area contributed by atoms with E-state index in [0.29, 0.717) is 53.8 Å². The number of hydrogen-bond donors (Lipinski definition) is 1. The summed E-state index contributed by atoms with van der Waals surface area (Å²) in [5, 5.41) is 7.41. The number of amides is 1. The Hall–Kier alpha value is -3.20. The number of aromatic amines is 1. The Morgan fingerprint density at radius 3 is 2.90 bits per heavy atom. The van der Waals surface area contributed by atoms with Crippen LogP contribution in [0.4, 0.5) is 4.39 Å². The number of carbonyl (C=O) groups excluding carboxylic acids is 1. The monoisotopic (exact) mass is 412 g/mol. The van der Waals surface area contributed by atoms with Crippen LogP contribution in [0.15, 0.2) is 47.1 Å². The molecule has 0 unspecified atom stereocenters. The molecule has 0 aliphatic carbocycles. The van der Waals surface area contributed by atoms with Gasteiger partial charge in [-0.2, -0.15) is 10.1 Å². The molecule has 1 aliphatic heterocycles. The molecule has 0 bridgehead atoms. The molecule has 4 heterocycles. The van der Waals surface area contributed by atoms with Crippen LogP contribution in [0, 0.1) is 5.82 Å². The standard InChI is InChI=1S/C20H17FN4O3S/c21-13-3-1-5-17-18(13)22-20(29-17)28-12-6-8-25(9-7-12)19(26)15-11-14(23-24-15)16-4-2-10-27-16/h1-5,10-12H,6-9H2,(H,23,24). The van der Waals surface area contributed by atoms with E-state index in [0.717, 1.165) is 4.70 Å². The van der Waals surface area contributed by atoms with Crippen LogP contribution < -0.4 is 4.74 Å². The van der Waals surface area contributed by atoms with Gasteiger partial charge in [-0.3, -0.25) is 9.89 Å². The number of para-hydroxylation sites is 1. The average molecular weight is 412 g/mol. The van der Waals surface area contributed by atoms with Gasteiger partial charge in [0.2, 0.25) is 0 Å². The fraction of sp³-hybridized carbons (Fsp3) is 0.250. The molecule has 0 spiro atoms. The van der Waals surface area contributed by atoms with Crippen molar-refractivity contribution in [3.63, 3.8) is 0 Å². The lowest BCUT2D eigenvalue weighted by molar-refractivity contribution is 0.0590. The summed E-state index contributed by atoms with van der Waals surface area (Å²) in [5.74, 6) is 0.164. The molecule has 5 rings (SSSR count). The number of halogens is 1. The van der Waals surface area contributed by atoms with Gasteiger partial charge in [-0.05, 0) is 24.3 Å². The van der Waals surface area contributed by atoms with Crippen molar-refractivity contribution in [3.05, 3.63) is 54.2 Å². The van der Waals surface area contributed by atoms with E-state index in [1.54, 1.807) is 35.4 Å². The van der Waals surface area contributed by atoms with Crippen LogP contribution in [0.25, 0.3) is 21.7 Å². The Bertz CT molecular complexity index is 1150. The molecular weight excluding hydrogens is 395 g/mol. The van der Waals surface area contributed by atoms with Crippen LogP contribution in [0.2, 0.25) is 0 Å². The van der Waals surface area contributed by atoms with Crippen molar-refractivity contribution in [2.75, 3.05) is 13.1 Å². The number of likely N-dealkylation sites (tertiary alicyclic amines) is 1. The summed E-state index contributed by atoms with van der Waals surface area (Å²) >= 11 is 1.33. The highest BCUT2D eigenvalue weighted by molar-refractivity contribution is 7.20. The average Bonchev–Trinajstić information content (AvgIpc) is 3.48. The third kappa shape index (κ3) is 3.49. The molecule has 1 amide bonds. The maximum Gasteiger partial charge on any atom is 0.274 e. The highest BCUT2D eigenvalue weighted by Gasteiger charge is 2.27. The highest BCUT2D eigenvalue weighted by atomic mass is 32.1. The Morgan fingerprint density at radius 2 is 2.14 bits per heavy atom. The molecule has 7 nitrogen and oxygen atoms in total. The van der Waals surface area contributed by atoms with E-state index in [1.165, 1.54) is 17.4 Å². The first kappa shape index (κ1) is 17.9. The largest absolute Gasteiger partial charge is 0.467 e. The summed E-state index contributed by atoms with van der Waals surface area (Å²) in [7, 11) is 0. The van der Waals surface area contributed by atoms with Crippen molar-refractivity contribution in [1.82, 2.24) is 20.1 Å². The third-order valence-electron chi connectivity index (χ3n) is 4.93. The number of thiazole rings is 1. The summed E-state index contributed by atoms with van der Waals surface area (Å²) < 4.78 is 25.8. The number of ether oxygens (including phenoxy) is 1. The van der Waals surface area contributed by atoms with Gasteiger partial charge in [0, 0.05) is 32.0 Å². The van der Waals surface area contributed by atoms with Crippen molar-refractivity contribution in [3.8, 4) is 16.6 Å². The van der Waals surface area contributed by atoms with E-state index >= 15 is 0 Å². The minimum Gasteiger partial charge on any atom is -0.467 e. The van der Waals surface area contributed by atoms with Gasteiger partial charge in [-0.15, -0.1) is 0 Å². The Kier molecular flexibility index (Phi) is 4.51. The normalized spacial score (nSPS) is 15.1. The minimum atomic E-state index is -0.345. The molecule has 0 radical (unpaired) electrons. The van der Waals surface area contributed by atoms with Crippen LogP contribution in [0.5, 0.6) is 5.19 Å². The number of carbonyl (C=O) groups is 1. The molecule has 9 heteroatoms. The predicted octanol–water partition coefficient (Wildman–Crippen LogP) is 4.10. The summed E-state index contributed by atoms with van der Waals surface area (Å²) in [4.78, 5) is 18.7. The van der Waals surface area contributed by atoms with E-state index in [9.17, 15) is 9.18 Å². The number of nitrogens with zero attached hydrogens (tertiary/aromatic N) is 3. The molecule has 1 fully saturated rings. The molecule has 3 aromatic heterocycles. The van der Waals surface area contributed by atoms with E-state index in [-0.39, 0.29) is 17.8 Å². The van der Waals surface area contributed by atoms with Crippen LogP contribution in [-0.4, -0.2) is 45.2 Å². The van der Waals surface area contributed by atoms with Crippen LogP contribution in [-0.2, 0) is 0 Å². The summed E-state index contributed by atoms with van der Waals surface area (Å²) in [6.07, 6.45) is 2.88. The number of H-pyrrole nitrogens is 1. The predicted molar refractivity (Wildman–Crippen MR) is 105 cm³/mol. The fourth-order valence-electron chi connectivity index (χ4n) is 3.42. The first-order valence-electron chi connectivity index (χ1n) is 9.27. The molecule has 1 aromatic carbocycles. The molecule has 1 aliphatic rings. The second-order valence-corrected chi connectivity index (χ2v) is 7.81. The minimum absolute atomic E-state index is 0.0551. The maximum absolute atomic E-state index is 13.8. The summed E-state index contributed by atoms with van der Waals surface area (Å²) in [6, 6.07) is 10.2. The number of rotatable bonds is 4. The molecule has 0 atom stereocenters. The number of benzene rings is 1. The number of piperidine rings is 1. The number of hydrogen-bond acceptors (Lipinski definition) is 6. The second-order valence-electron chi connectivity index (χ2n) is 6.82. The fourth-order valence-corrected chi connectivity index (χ4v) is 4.31. The van der Waals surface area contributed by atoms with E-state index in [2.05, 4.69) is 15.2 Å². The zero-order valence-electron chi connectivity index (χ0n) is 15.3. The number of fused-ring (bicyclic) bond motifs is 1. The van der Waals surface area contributed by atoms with Crippen LogP contribution in [0.3, 0.4) is 0 Å². The molecule has 148 valence electrons. The molecule has 4 aromatic rings. The van der Waals surface area contributed by atoms with Crippen molar-refractivity contribution in [1.29, 1.82) is 0 Å². The van der Waals surface area contributed by atoms with E-state index < -0.39 is 0 Å². The van der Waals surface area contributed by atoms with Gasteiger partial charge in [0.25, 0.3) is 11.1 Å². The molecule has 1 saturated heterocycles. The molecular formula is C20H17FN4O3S. The second kappa shape index (κ2) is 7.32. The lowest BCUT2D eigenvalue weighted by Crippen LogP contribution is -2.41. The van der Waals surface area contributed by atoms with Crippen molar-refractivity contribution < 1.29 is 18.3 Å². The van der Waals surface area contributed by atoms with Crippen molar-refractivity contribution in [2.24, 2.45) is 0 Å². The summed E-state index contributed by atoms with van der Waals surface area (Å²) in [6.45, 7) is 1.12. The zero-order chi connectivity index (χ0) is 19.8. The Labute approximate surface area is 169 Å². The maximum atomic E-state index is 13.8. The van der Waals surface area contributed by atoms with Crippen molar-refractivity contribution in [2.45, 2.75) is 18.9 Å². The number of aromatic nitrogens is 3. The third-order valence-corrected chi connectivity index (χ3v) is 5.84.